The van der Waals surface area contributed by atoms with Crippen LogP contribution in [0.4, 0.5) is 5.95 Å². The second-order valence-corrected chi connectivity index (χ2v) is 6.39. The quantitative estimate of drug-likeness (QED) is 0.375. The Hall–Kier alpha value is -2.99. The lowest BCUT2D eigenvalue weighted by molar-refractivity contribution is -0.0503. The number of aromatic amines is 1. The Balaban J connectivity index is 1.95. The van der Waals surface area contributed by atoms with E-state index in [4.69, 9.17) is 15.2 Å². The maximum Gasteiger partial charge on any atom is 0.280 e. The van der Waals surface area contributed by atoms with Crippen LogP contribution in [-0.2, 0) is 4.74 Å². The Kier molecular flexibility index (Phi) is 4.51. The van der Waals surface area contributed by atoms with Gasteiger partial charge in [0.1, 0.15) is 29.9 Å². The first-order chi connectivity index (χ1) is 13.4. The molecule has 1 fully saturated rings. The number of nitrogens with two attached hydrogens (primary N) is 1. The van der Waals surface area contributed by atoms with Gasteiger partial charge in [-0.05, 0) is 24.3 Å². The van der Waals surface area contributed by atoms with Gasteiger partial charge >= 0.3 is 0 Å². The van der Waals surface area contributed by atoms with E-state index in [0.717, 1.165) is 0 Å². The summed E-state index contributed by atoms with van der Waals surface area (Å²) in [5, 5.41) is 30.0. The summed E-state index contributed by atoms with van der Waals surface area (Å²) in [6.07, 6.45) is -4.84. The van der Waals surface area contributed by atoms with E-state index in [1.807, 2.05) is 0 Å². The highest BCUT2D eigenvalue weighted by atomic mass is 16.6. The zero-order valence-electron chi connectivity index (χ0n) is 14.8. The predicted molar refractivity (Wildman–Crippen MR) is 97.6 cm³/mol. The van der Waals surface area contributed by atoms with Gasteiger partial charge in [-0.15, -0.1) is 0 Å². The molecule has 0 aliphatic carbocycles. The summed E-state index contributed by atoms with van der Waals surface area (Å²) in [4.78, 5) is 23.2. The largest absolute Gasteiger partial charge is 0.497 e. The van der Waals surface area contributed by atoms with Crippen molar-refractivity contribution < 1.29 is 24.8 Å². The van der Waals surface area contributed by atoms with Crippen molar-refractivity contribution in [2.75, 3.05) is 19.5 Å². The molecular weight excluding hydrogens is 370 g/mol. The number of H-pyrrole nitrogens is 1. The van der Waals surface area contributed by atoms with Crippen molar-refractivity contribution in [3.05, 3.63) is 34.6 Å². The molecule has 0 saturated carbocycles. The minimum Gasteiger partial charge on any atom is -0.497 e. The fourth-order valence-electron chi connectivity index (χ4n) is 3.28. The number of anilines is 1. The maximum atomic E-state index is 12.3. The first kappa shape index (κ1) is 18.4. The van der Waals surface area contributed by atoms with Crippen LogP contribution < -0.4 is 16.0 Å². The monoisotopic (exact) mass is 389 g/mol. The molecule has 6 N–H and O–H groups in total. The molecular formula is C17H19N5O6. The summed E-state index contributed by atoms with van der Waals surface area (Å²) in [5.41, 5.74) is 5.80. The minimum atomic E-state index is -1.38. The highest BCUT2D eigenvalue weighted by Gasteiger charge is 2.45. The minimum absolute atomic E-state index is 0.00208. The number of aliphatic hydroxyl groups is 3. The molecule has 3 heterocycles. The molecule has 148 valence electrons. The molecule has 11 nitrogen and oxygen atoms in total. The number of hydrogen-bond acceptors (Lipinski definition) is 9. The van der Waals surface area contributed by atoms with Crippen LogP contribution >= 0.6 is 0 Å². The topological polar surface area (TPSA) is 169 Å². The first-order valence-electron chi connectivity index (χ1n) is 8.49. The fraction of sp³-hybridized carbons (Fsp3) is 0.353. The molecule has 1 aliphatic heterocycles. The smallest absolute Gasteiger partial charge is 0.280 e. The lowest BCUT2D eigenvalue weighted by Gasteiger charge is -2.19. The summed E-state index contributed by atoms with van der Waals surface area (Å²) in [7, 11) is 1.54. The third-order valence-electron chi connectivity index (χ3n) is 4.69. The Bertz CT molecular complexity index is 1060. The molecule has 1 aliphatic rings. The number of benzene rings is 1. The van der Waals surface area contributed by atoms with E-state index in [0.29, 0.717) is 11.3 Å². The standard InChI is InChI=1S/C17H19N5O6/c1-27-8-4-2-7(3-5-8)13-19-10-14(20-17(18)21-15(10)26)22(13)16-12(25)11(24)9(6-23)28-16/h2-5,9,11-12,16,23-25H,6H2,1H3,(H3,18,20,21,26). The molecule has 2 aromatic heterocycles. The van der Waals surface area contributed by atoms with E-state index in [1.165, 1.54) is 11.7 Å². The van der Waals surface area contributed by atoms with Crippen LogP contribution in [-0.4, -0.2) is 66.9 Å². The van der Waals surface area contributed by atoms with Gasteiger partial charge in [-0.2, -0.15) is 4.98 Å². The molecule has 4 unspecified atom stereocenters. The predicted octanol–water partition coefficient (Wildman–Crippen LogP) is -1.01. The van der Waals surface area contributed by atoms with Gasteiger partial charge in [-0.25, -0.2) is 4.98 Å². The van der Waals surface area contributed by atoms with E-state index < -0.39 is 36.7 Å². The highest BCUT2D eigenvalue weighted by Crippen LogP contribution is 2.35. The third kappa shape index (κ3) is 2.81. The van der Waals surface area contributed by atoms with Crippen LogP contribution in [0, 0.1) is 0 Å². The van der Waals surface area contributed by atoms with Gasteiger partial charge in [0, 0.05) is 5.56 Å². The van der Waals surface area contributed by atoms with Crippen LogP contribution in [0.2, 0.25) is 0 Å². The number of methoxy groups -OCH3 is 1. The zero-order chi connectivity index (χ0) is 20.0. The number of aliphatic hydroxyl groups excluding tert-OH is 3. The summed E-state index contributed by atoms with van der Waals surface area (Å²) in [5.74, 6) is 0.766. The Labute approximate surface area is 158 Å². The van der Waals surface area contributed by atoms with E-state index in [-0.39, 0.29) is 22.9 Å². The number of nitrogen functional groups attached to an aromatic ring is 1. The molecule has 0 radical (unpaired) electrons. The van der Waals surface area contributed by atoms with Crippen molar-refractivity contribution in [2.24, 2.45) is 0 Å². The maximum absolute atomic E-state index is 12.3. The average Bonchev–Trinajstić information content (AvgIpc) is 3.20. The van der Waals surface area contributed by atoms with Gasteiger partial charge in [-0.3, -0.25) is 14.3 Å². The SMILES string of the molecule is COc1ccc(-c2nc3c(=O)[nH]c(N)nc3n2C2OC(CO)C(O)C2O)cc1. The Morgan fingerprint density at radius 1 is 1.25 bits per heavy atom. The normalized spacial score (nSPS) is 24.7. The van der Waals surface area contributed by atoms with E-state index in [1.54, 1.807) is 24.3 Å². The zero-order valence-corrected chi connectivity index (χ0v) is 14.8. The Morgan fingerprint density at radius 3 is 2.57 bits per heavy atom. The van der Waals surface area contributed by atoms with E-state index in [9.17, 15) is 20.1 Å². The lowest BCUT2D eigenvalue weighted by Crippen LogP contribution is -2.33. The second kappa shape index (κ2) is 6.87. The number of hydrogen-bond donors (Lipinski definition) is 5. The van der Waals surface area contributed by atoms with Gasteiger partial charge < -0.3 is 30.5 Å². The molecule has 0 amide bonds. The highest BCUT2D eigenvalue weighted by molar-refractivity contribution is 5.77. The molecule has 3 aromatic rings. The average molecular weight is 389 g/mol. The number of rotatable bonds is 4. The van der Waals surface area contributed by atoms with Crippen molar-refractivity contribution in [3.63, 3.8) is 0 Å². The van der Waals surface area contributed by atoms with Gasteiger partial charge in [0.05, 0.1) is 13.7 Å². The van der Waals surface area contributed by atoms with Crippen LogP contribution in [0.3, 0.4) is 0 Å². The van der Waals surface area contributed by atoms with Crippen LogP contribution in [0.25, 0.3) is 22.6 Å². The second-order valence-electron chi connectivity index (χ2n) is 6.39. The number of nitrogens with one attached hydrogen (secondary N) is 1. The summed E-state index contributed by atoms with van der Waals surface area (Å²) in [6, 6.07) is 6.86. The van der Waals surface area contributed by atoms with Crippen molar-refractivity contribution >= 4 is 17.1 Å². The van der Waals surface area contributed by atoms with Crippen LogP contribution in [0.15, 0.2) is 29.1 Å². The van der Waals surface area contributed by atoms with Gasteiger partial charge in [0.15, 0.2) is 17.4 Å². The molecule has 4 rings (SSSR count). The Morgan fingerprint density at radius 2 is 1.96 bits per heavy atom. The van der Waals surface area contributed by atoms with Gasteiger partial charge in [-0.1, -0.05) is 0 Å². The van der Waals surface area contributed by atoms with Gasteiger partial charge in [0.2, 0.25) is 5.95 Å². The molecule has 11 heteroatoms. The molecule has 0 bridgehead atoms. The molecule has 1 aromatic carbocycles. The number of nitrogens with zero attached hydrogens (tertiary/aromatic N) is 3. The van der Waals surface area contributed by atoms with Gasteiger partial charge in [0.25, 0.3) is 5.56 Å². The number of imidazole rings is 1. The van der Waals surface area contributed by atoms with Crippen molar-refractivity contribution in [1.82, 2.24) is 19.5 Å². The van der Waals surface area contributed by atoms with Crippen LogP contribution in [0.1, 0.15) is 6.23 Å². The summed E-state index contributed by atoms with van der Waals surface area (Å²) >= 11 is 0. The first-order valence-corrected chi connectivity index (χ1v) is 8.49. The van der Waals surface area contributed by atoms with Crippen LogP contribution in [0.5, 0.6) is 5.75 Å². The molecule has 28 heavy (non-hydrogen) atoms. The van der Waals surface area contributed by atoms with E-state index >= 15 is 0 Å². The van der Waals surface area contributed by atoms with Crippen molar-refractivity contribution in [1.29, 1.82) is 0 Å². The molecule has 0 spiro atoms. The number of fused-ring (bicyclic) bond motifs is 1. The summed E-state index contributed by atoms with van der Waals surface area (Å²) < 4.78 is 12.2. The summed E-state index contributed by atoms with van der Waals surface area (Å²) in [6.45, 7) is -0.491. The van der Waals surface area contributed by atoms with E-state index in [2.05, 4.69) is 15.0 Å². The number of ether oxygens (including phenoxy) is 2. The third-order valence-corrected chi connectivity index (χ3v) is 4.69. The molecule has 1 saturated heterocycles. The number of aromatic nitrogens is 4. The van der Waals surface area contributed by atoms with Crippen molar-refractivity contribution in [2.45, 2.75) is 24.5 Å². The van der Waals surface area contributed by atoms with Crippen molar-refractivity contribution in [3.8, 4) is 17.1 Å². The molecule has 4 atom stereocenters. The fourth-order valence-corrected chi connectivity index (χ4v) is 3.28. The lowest BCUT2D eigenvalue weighted by atomic mass is 10.1.